The number of Topliss-reactive ketones (excluding diaryl/α,β-unsaturated/α-hetero) is 2. The van der Waals surface area contributed by atoms with E-state index in [2.05, 4.69) is 10.2 Å². The Morgan fingerprint density at radius 1 is 0.673 bits per heavy atom. The van der Waals surface area contributed by atoms with Crippen LogP contribution in [0.15, 0.2) is 109 Å². The number of nitrogens with zero attached hydrogens (tertiary/aromatic N) is 2. The van der Waals surface area contributed by atoms with Gasteiger partial charge in [0.05, 0.1) is 11.8 Å². The number of hydrogen-bond acceptors (Lipinski definition) is 8. The van der Waals surface area contributed by atoms with Gasteiger partial charge in [-0.2, -0.15) is 0 Å². The van der Waals surface area contributed by atoms with Crippen molar-refractivity contribution in [2.45, 2.75) is 26.8 Å². The largest absolute Gasteiger partial charge is 1.00 e. The molecule has 4 aromatic rings. The average Bonchev–Trinajstić information content (AvgIpc) is 3.07. The number of ketones is 2. The summed E-state index contributed by atoms with van der Waals surface area (Å²) in [6, 6.07) is 33.6. The molecule has 2 aliphatic rings. The zero-order chi connectivity index (χ0) is 35.6. The minimum atomic E-state index is -0.719. The van der Waals surface area contributed by atoms with Crippen molar-refractivity contribution in [1.29, 1.82) is 5.26 Å². The summed E-state index contributed by atoms with van der Waals surface area (Å²) in [5, 5.41) is 26.2. The number of hydrogen-bond donors (Lipinski definition) is 3. The molecule has 2 saturated heterocycles. The second-order valence-corrected chi connectivity index (χ2v) is 11.5. The molecule has 0 amide bonds. The number of aldehydes is 1. The van der Waals surface area contributed by atoms with Crippen molar-refractivity contribution in [3.8, 4) is 0 Å². The number of carbonyl (C=O) groups is 5. The van der Waals surface area contributed by atoms with Crippen molar-refractivity contribution in [3.05, 3.63) is 149 Å². The summed E-state index contributed by atoms with van der Waals surface area (Å²) in [7, 11) is 0. The van der Waals surface area contributed by atoms with E-state index in [0.29, 0.717) is 55.7 Å². The van der Waals surface area contributed by atoms with Crippen LogP contribution in [0.5, 0.6) is 0 Å². The van der Waals surface area contributed by atoms with E-state index in [1.807, 2.05) is 84.9 Å². The average molecular weight is 711 g/mol. The Hall–Kier alpha value is -4.70. The SMILES string of the molecule is C.O=C(Cc1ccccc1)c1ccc(CN2CC(C(=O)O)C2)cc1.O=C(O)C1CNC1.O=Cc1ccc(C(=O)Cc2ccccc2)cc1.[B].[C-]#N.[Na+]. The minimum Gasteiger partial charge on any atom is -0.512 e. The van der Waals surface area contributed by atoms with Crippen molar-refractivity contribution < 1.29 is 63.7 Å². The first-order chi connectivity index (χ1) is 23.7. The summed E-state index contributed by atoms with van der Waals surface area (Å²) in [4.78, 5) is 57.5. The maximum atomic E-state index is 12.3. The molecule has 0 unspecified atom stereocenters. The molecule has 6 rings (SSSR count). The fourth-order valence-corrected chi connectivity index (χ4v) is 4.89. The first-order valence-electron chi connectivity index (χ1n) is 15.6. The van der Waals surface area contributed by atoms with Crippen LogP contribution in [0.2, 0.25) is 0 Å². The van der Waals surface area contributed by atoms with Gasteiger partial charge in [0.25, 0.3) is 0 Å². The third-order valence-electron chi connectivity index (χ3n) is 7.90. The third kappa shape index (κ3) is 15.7. The molecule has 3 radical (unpaired) electrons. The minimum absolute atomic E-state index is 0. The number of rotatable bonds is 11. The molecule has 0 saturated carbocycles. The summed E-state index contributed by atoms with van der Waals surface area (Å²) in [6.07, 6.45) is 1.57. The van der Waals surface area contributed by atoms with Crippen molar-refractivity contribution >= 4 is 38.2 Å². The predicted molar refractivity (Wildman–Crippen MR) is 195 cm³/mol. The van der Waals surface area contributed by atoms with Gasteiger partial charge >= 0.3 is 41.5 Å². The Kier molecular flexibility index (Phi) is 23.0. The van der Waals surface area contributed by atoms with Crippen molar-refractivity contribution in [3.63, 3.8) is 0 Å². The number of aliphatic carboxylic acids is 2. The molecular weight excluding hydrogens is 668 g/mol. The summed E-state index contributed by atoms with van der Waals surface area (Å²) >= 11 is 0. The molecule has 52 heavy (non-hydrogen) atoms. The maximum absolute atomic E-state index is 12.3. The standard InChI is InChI=1S/C19H19NO3.C15H12O2.C4H7NO2.CN.CH4.B.Na/c21-18(10-14-4-2-1-3-5-14)16-8-6-15(7-9-16)11-20-12-17(13-20)19(22)23;16-11-13-6-8-14(9-7-13)15(17)10-12-4-2-1-3-5-12;6-4(7)3-1-5-2-3;1-2;;;/h1-9,17H,10-13H2,(H,22,23);1-9,11H,10H2;3,5H,1-2H2,(H,6,7);;1H4;;/q;;;-1;;;+1. The quantitative estimate of drug-likeness (QED) is 0.0910. The Bertz CT molecular complexity index is 1690. The number of nitrogens with one attached hydrogen (secondary N) is 1. The van der Waals surface area contributed by atoms with E-state index in [-0.39, 0.29) is 68.8 Å². The molecule has 263 valence electrons. The van der Waals surface area contributed by atoms with Crippen LogP contribution in [0, 0.1) is 23.7 Å². The monoisotopic (exact) mass is 710 g/mol. The second-order valence-electron chi connectivity index (χ2n) is 11.5. The number of carbonyl (C=O) groups excluding carboxylic acids is 3. The van der Waals surface area contributed by atoms with Gasteiger partial charge in [-0.1, -0.05) is 117 Å². The summed E-state index contributed by atoms with van der Waals surface area (Å²) in [5.74, 6) is -1.57. The van der Waals surface area contributed by atoms with E-state index in [0.717, 1.165) is 29.5 Å². The van der Waals surface area contributed by atoms with E-state index in [1.54, 1.807) is 24.3 Å². The normalized spacial score (nSPS) is 12.8. The Labute approximate surface area is 329 Å². The van der Waals surface area contributed by atoms with Gasteiger partial charge in [0.15, 0.2) is 11.6 Å². The van der Waals surface area contributed by atoms with E-state index >= 15 is 0 Å². The Balaban J connectivity index is 0.000000791. The van der Waals surface area contributed by atoms with E-state index in [4.69, 9.17) is 22.0 Å². The fraction of sp³-hybridized carbons (Fsp3) is 0.250. The van der Waals surface area contributed by atoms with Crippen LogP contribution < -0.4 is 34.9 Å². The van der Waals surface area contributed by atoms with Crippen LogP contribution in [0.1, 0.15) is 55.2 Å². The molecule has 12 heteroatoms. The molecule has 4 aromatic carbocycles. The first kappa shape index (κ1) is 47.3. The molecule has 0 aromatic heterocycles. The van der Waals surface area contributed by atoms with Crippen LogP contribution in [0.25, 0.3) is 0 Å². The molecule has 0 spiro atoms. The molecule has 3 N–H and O–H groups in total. The summed E-state index contributed by atoms with van der Waals surface area (Å²) in [6.45, 7) is 7.98. The zero-order valence-corrected chi connectivity index (χ0v) is 30.5. The zero-order valence-electron chi connectivity index (χ0n) is 28.5. The van der Waals surface area contributed by atoms with Gasteiger partial charge in [0.2, 0.25) is 0 Å². The number of carboxylic acid groups (broad SMARTS) is 2. The molecule has 2 heterocycles. The molecule has 0 aliphatic carbocycles. The second kappa shape index (κ2) is 25.3. The summed E-state index contributed by atoms with van der Waals surface area (Å²) < 4.78 is 0. The molecular formula is C40H42BN3NaO7. The van der Waals surface area contributed by atoms with Gasteiger partial charge in [0.1, 0.15) is 6.29 Å². The van der Waals surface area contributed by atoms with E-state index in [1.165, 1.54) is 0 Å². The fourth-order valence-electron chi connectivity index (χ4n) is 4.89. The first-order valence-corrected chi connectivity index (χ1v) is 15.6. The van der Waals surface area contributed by atoms with Crippen LogP contribution >= 0.6 is 0 Å². The maximum Gasteiger partial charge on any atom is 1.00 e. The number of benzene rings is 4. The molecule has 0 bridgehead atoms. The molecule has 0 atom stereocenters. The van der Waals surface area contributed by atoms with Crippen molar-refractivity contribution in [1.82, 2.24) is 10.2 Å². The van der Waals surface area contributed by atoms with Crippen molar-refractivity contribution in [2.75, 3.05) is 26.2 Å². The molecule has 10 nitrogen and oxygen atoms in total. The van der Waals surface area contributed by atoms with Crippen LogP contribution in [0.4, 0.5) is 0 Å². The van der Waals surface area contributed by atoms with Gasteiger partial charge in [-0.3, -0.25) is 28.9 Å². The van der Waals surface area contributed by atoms with Crippen LogP contribution in [-0.2, 0) is 29.0 Å². The van der Waals surface area contributed by atoms with Crippen LogP contribution in [0.3, 0.4) is 0 Å². The van der Waals surface area contributed by atoms with Crippen molar-refractivity contribution in [2.24, 2.45) is 11.8 Å². The van der Waals surface area contributed by atoms with Gasteiger partial charge in [0, 0.05) is 70.7 Å². The van der Waals surface area contributed by atoms with Crippen LogP contribution in [-0.4, -0.2) is 79.5 Å². The predicted octanol–water partition coefficient (Wildman–Crippen LogP) is 2.20. The third-order valence-corrected chi connectivity index (χ3v) is 7.90. The van der Waals surface area contributed by atoms with Gasteiger partial charge in [-0.05, 0) is 16.7 Å². The topological polar surface area (TPSA) is 165 Å². The van der Waals surface area contributed by atoms with E-state index < -0.39 is 11.9 Å². The van der Waals surface area contributed by atoms with Gasteiger partial charge in [-0.25, -0.2) is 0 Å². The molecule has 2 aliphatic heterocycles. The smallest absolute Gasteiger partial charge is 0.512 e. The summed E-state index contributed by atoms with van der Waals surface area (Å²) in [5.41, 5.74) is 5.05. The molecule has 2 fully saturated rings. The number of likely N-dealkylation sites (tertiary alicyclic amines) is 1. The van der Waals surface area contributed by atoms with E-state index in [9.17, 15) is 24.0 Å². The Morgan fingerprint density at radius 2 is 1.08 bits per heavy atom. The Morgan fingerprint density at radius 3 is 1.40 bits per heavy atom. The number of carboxylic acids is 2. The van der Waals surface area contributed by atoms with Gasteiger partial charge in [-0.15, -0.1) is 0 Å². The van der Waals surface area contributed by atoms with Gasteiger partial charge < -0.3 is 27.4 Å².